The van der Waals surface area contributed by atoms with E-state index < -0.39 is 41.9 Å². The molecule has 0 heterocycles. The Balaban J connectivity index is 2.46. The van der Waals surface area contributed by atoms with Crippen molar-refractivity contribution in [2.75, 3.05) is 6.61 Å². The average molecular weight is 406 g/mol. The number of nitro groups is 1. The van der Waals surface area contributed by atoms with Gasteiger partial charge in [0.05, 0.1) is 10.5 Å². The molecule has 1 unspecified atom stereocenters. The van der Waals surface area contributed by atoms with Gasteiger partial charge in [-0.05, 0) is 42.2 Å². The maximum Gasteiger partial charge on any atom is 0.556 e. The molecule has 0 bridgehead atoms. The first-order chi connectivity index (χ1) is 12.5. The molecule has 0 aliphatic carbocycles. The first-order valence-electron chi connectivity index (χ1n) is 7.48. The lowest BCUT2D eigenvalue weighted by Gasteiger charge is -2.11. The molecule has 0 aliphatic heterocycles. The zero-order valence-electron chi connectivity index (χ0n) is 14.0. The van der Waals surface area contributed by atoms with Crippen molar-refractivity contribution in [3.05, 3.63) is 57.4 Å². The van der Waals surface area contributed by atoms with Gasteiger partial charge < -0.3 is 4.74 Å². The van der Waals surface area contributed by atoms with E-state index in [-0.39, 0.29) is 29.3 Å². The molecule has 11 heteroatoms. The van der Waals surface area contributed by atoms with E-state index in [1.54, 1.807) is 6.92 Å². The Morgan fingerprint density at radius 3 is 2.37 bits per heavy atom. The lowest BCUT2D eigenvalue weighted by atomic mass is 10.2. The molecule has 0 N–H and O–H groups in total. The molecule has 0 aromatic heterocycles. The third-order valence-corrected chi connectivity index (χ3v) is 4.64. The number of nitro benzene ring substituents is 1. The monoisotopic (exact) mass is 406 g/mol. The Labute approximate surface area is 151 Å². The van der Waals surface area contributed by atoms with Gasteiger partial charge in [-0.15, -0.1) is 4.52 Å². The SMILES string of the molecule is CCO[P+](=O)c1cc(Oc2ccc(C(F)(F)F)cc2F)c(C)cc1[N+](=O)[O-]. The first kappa shape index (κ1) is 20.7. The van der Waals surface area contributed by atoms with E-state index in [2.05, 4.69) is 0 Å². The third kappa shape index (κ3) is 4.78. The highest BCUT2D eigenvalue weighted by Crippen LogP contribution is 2.36. The molecule has 0 amide bonds. The highest BCUT2D eigenvalue weighted by atomic mass is 31.1. The highest BCUT2D eigenvalue weighted by Gasteiger charge is 2.35. The summed E-state index contributed by atoms with van der Waals surface area (Å²) in [7, 11) is -2.57. The van der Waals surface area contributed by atoms with Crippen molar-refractivity contribution < 1.29 is 36.3 Å². The molecular formula is C16H13F4NO5P+. The van der Waals surface area contributed by atoms with Crippen LogP contribution in [-0.4, -0.2) is 11.5 Å². The number of ether oxygens (including phenoxy) is 1. The summed E-state index contributed by atoms with van der Waals surface area (Å²) in [6.07, 6.45) is -4.72. The fourth-order valence-electron chi connectivity index (χ4n) is 2.13. The highest BCUT2D eigenvalue weighted by molar-refractivity contribution is 7.48. The van der Waals surface area contributed by atoms with E-state index in [9.17, 15) is 32.2 Å². The largest absolute Gasteiger partial charge is 0.556 e. The predicted octanol–water partition coefficient (Wildman–Crippen LogP) is 5.26. The van der Waals surface area contributed by atoms with Gasteiger partial charge in [-0.1, -0.05) is 0 Å². The second kappa shape index (κ2) is 7.98. The number of hydrogen-bond acceptors (Lipinski definition) is 5. The summed E-state index contributed by atoms with van der Waals surface area (Å²) in [5.74, 6) is -1.88. The van der Waals surface area contributed by atoms with Crippen molar-refractivity contribution in [1.29, 1.82) is 0 Å². The molecule has 0 aliphatic rings. The normalized spacial score (nSPS) is 12.0. The summed E-state index contributed by atoms with van der Waals surface area (Å²) >= 11 is 0. The van der Waals surface area contributed by atoms with Crippen LogP contribution in [0.4, 0.5) is 23.2 Å². The number of rotatable bonds is 6. The molecule has 0 radical (unpaired) electrons. The van der Waals surface area contributed by atoms with Crippen LogP contribution in [-0.2, 0) is 15.3 Å². The van der Waals surface area contributed by atoms with Crippen LogP contribution < -0.4 is 10.0 Å². The Morgan fingerprint density at radius 2 is 1.85 bits per heavy atom. The van der Waals surface area contributed by atoms with E-state index >= 15 is 0 Å². The Kier molecular flexibility index (Phi) is 6.12. The van der Waals surface area contributed by atoms with Crippen LogP contribution in [0.25, 0.3) is 0 Å². The van der Waals surface area contributed by atoms with Gasteiger partial charge >= 0.3 is 25.2 Å². The molecule has 0 spiro atoms. The quantitative estimate of drug-likeness (QED) is 0.283. The molecule has 1 atom stereocenters. The summed E-state index contributed by atoms with van der Waals surface area (Å²) in [4.78, 5) is 10.4. The van der Waals surface area contributed by atoms with Gasteiger partial charge in [0, 0.05) is 12.1 Å². The molecule has 144 valence electrons. The zero-order chi connectivity index (χ0) is 20.4. The molecule has 0 fully saturated rings. The van der Waals surface area contributed by atoms with Crippen molar-refractivity contribution in [2.24, 2.45) is 0 Å². The fourth-order valence-corrected chi connectivity index (χ4v) is 3.06. The molecule has 6 nitrogen and oxygen atoms in total. The van der Waals surface area contributed by atoms with Gasteiger partial charge in [0.25, 0.3) is 0 Å². The molecule has 2 aromatic carbocycles. The average Bonchev–Trinajstić information content (AvgIpc) is 2.57. The van der Waals surface area contributed by atoms with Crippen molar-refractivity contribution in [3.63, 3.8) is 0 Å². The summed E-state index contributed by atoms with van der Waals surface area (Å²) in [5, 5.41) is 10.9. The number of benzene rings is 2. The summed E-state index contributed by atoms with van der Waals surface area (Å²) in [6, 6.07) is 3.83. The minimum Gasteiger partial charge on any atom is -0.454 e. The summed E-state index contributed by atoms with van der Waals surface area (Å²) in [6.45, 7) is 2.99. The van der Waals surface area contributed by atoms with Crippen molar-refractivity contribution >= 4 is 19.0 Å². The van der Waals surface area contributed by atoms with E-state index in [0.717, 1.165) is 18.2 Å². The number of aryl methyl sites for hydroxylation is 1. The third-order valence-electron chi connectivity index (χ3n) is 3.39. The van der Waals surface area contributed by atoms with Crippen LogP contribution >= 0.6 is 8.03 Å². The molecule has 2 aromatic rings. The van der Waals surface area contributed by atoms with Crippen molar-refractivity contribution in [3.8, 4) is 11.5 Å². The molecule has 27 heavy (non-hydrogen) atoms. The number of hydrogen-bond donors (Lipinski definition) is 0. The lowest BCUT2D eigenvalue weighted by molar-refractivity contribution is -0.383. The predicted molar refractivity (Wildman–Crippen MR) is 88.2 cm³/mol. The van der Waals surface area contributed by atoms with Gasteiger partial charge in [0.1, 0.15) is 12.4 Å². The second-order valence-electron chi connectivity index (χ2n) is 5.28. The minimum absolute atomic E-state index is 0.0317. The van der Waals surface area contributed by atoms with Crippen molar-refractivity contribution in [2.45, 2.75) is 20.0 Å². The Morgan fingerprint density at radius 1 is 1.19 bits per heavy atom. The van der Waals surface area contributed by atoms with Gasteiger partial charge in [0.15, 0.2) is 11.6 Å². The van der Waals surface area contributed by atoms with E-state index in [1.165, 1.54) is 6.92 Å². The Hall–Kier alpha value is -2.58. The molecule has 0 saturated heterocycles. The van der Waals surface area contributed by atoms with Gasteiger partial charge in [-0.3, -0.25) is 10.1 Å². The smallest absolute Gasteiger partial charge is 0.454 e. The molecular weight excluding hydrogens is 393 g/mol. The van der Waals surface area contributed by atoms with Crippen LogP contribution in [0.2, 0.25) is 0 Å². The summed E-state index contributed by atoms with van der Waals surface area (Å²) in [5.41, 5.74) is -1.46. The van der Waals surface area contributed by atoms with Crippen LogP contribution in [0.3, 0.4) is 0 Å². The van der Waals surface area contributed by atoms with Crippen LogP contribution in [0.1, 0.15) is 18.1 Å². The summed E-state index contributed by atoms with van der Waals surface area (Å²) < 4.78 is 74.0. The van der Waals surface area contributed by atoms with Crippen LogP contribution in [0.5, 0.6) is 11.5 Å². The van der Waals surface area contributed by atoms with E-state index in [0.29, 0.717) is 6.07 Å². The van der Waals surface area contributed by atoms with Gasteiger partial charge in [0.2, 0.25) is 0 Å². The molecule has 2 rings (SSSR count). The standard InChI is InChI=1S/C16H13F4NO5P/c1-3-25-27(24)15-8-14(9(2)6-12(15)21(22)23)26-13-5-4-10(7-11(13)17)16(18,19)20/h4-8H,3H2,1-2H3/q+1. The first-order valence-corrected chi connectivity index (χ1v) is 8.66. The van der Waals surface area contributed by atoms with E-state index in [1.807, 2.05) is 0 Å². The number of alkyl halides is 3. The zero-order valence-corrected chi connectivity index (χ0v) is 14.9. The number of nitrogens with zero attached hydrogens (tertiary/aromatic N) is 1. The van der Waals surface area contributed by atoms with Crippen molar-refractivity contribution in [1.82, 2.24) is 0 Å². The minimum atomic E-state index is -4.72. The van der Waals surface area contributed by atoms with Crippen LogP contribution in [0.15, 0.2) is 30.3 Å². The van der Waals surface area contributed by atoms with Crippen LogP contribution in [0, 0.1) is 22.9 Å². The Bertz CT molecular complexity index is 901. The molecule has 0 saturated carbocycles. The maximum absolute atomic E-state index is 14.0. The topological polar surface area (TPSA) is 78.7 Å². The maximum atomic E-state index is 14.0. The van der Waals surface area contributed by atoms with E-state index in [4.69, 9.17) is 9.26 Å². The van der Waals surface area contributed by atoms with Gasteiger partial charge in [-0.25, -0.2) is 4.39 Å². The lowest BCUT2D eigenvalue weighted by Crippen LogP contribution is -2.09. The second-order valence-corrected chi connectivity index (χ2v) is 6.54. The fraction of sp³-hybridized carbons (Fsp3) is 0.250. The number of halogens is 4. The van der Waals surface area contributed by atoms with Gasteiger partial charge in [-0.2, -0.15) is 13.2 Å².